The summed E-state index contributed by atoms with van der Waals surface area (Å²) in [5.41, 5.74) is 1.47. The van der Waals surface area contributed by atoms with Crippen LogP contribution in [0.1, 0.15) is 29.8 Å². The summed E-state index contributed by atoms with van der Waals surface area (Å²) in [6.45, 7) is 4.89. The van der Waals surface area contributed by atoms with Crippen molar-refractivity contribution in [1.82, 2.24) is 24.9 Å². The van der Waals surface area contributed by atoms with Crippen molar-refractivity contribution in [3.8, 4) is 5.88 Å². The summed E-state index contributed by atoms with van der Waals surface area (Å²) in [7, 11) is 0. The zero-order valence-electron chi connectivity index (χ0n) is 15.0. The lowest BCUT2D eigenvalue weighted by Gasteiger charge is -2.28. The Morgan fingerprint density at radius 2 is 2.19 bits per heavy atom. The van der Waals surface area contributed by atoms with Crippen molar-refractivity contribution >= 4 is 17.4 Å². The first kappa shape index (κ1) is 17.2. The van der Waals surface area contributed by atoms with E-state index < -0.39 is 5.82 Å². The average Bonchev–Trinajstić information content (AvgIpc) is 3.06. The van der Waals surface area contributed by atoms with Gasteiger partial charge in [-0.25, -0.2) is 18.9 Å². The Morgan fingerprint density at radius 3 is 3.00 bits per heavy atom. The molecule has 4 heterocycles. The van der Waals surface area contributed by atoms with E-state index in [1.807, 2.05) is 24.8 Å². The van der Waals surface area contributed by atoms with Crippen molar-refractivity contribution in [2.24, 2.45) is 0 Å². The molecule has 0 unspecified atom stereocenters. The average molecular weight is 370 g/mol. The lowest BCUT2D eigenvalue weighted by atomic mass is 10.2. The van der Waals surface area contributed by atoms with Crippen LogP contribution in [-0.4, -0.2) is 44.7 Å². The predicted octanol–water partition coefficient (Wildman–Crippen LogP) is 1.80. The highest BCUT2D eigenvalue weighted by Gasteiger charge is 2.20. The van der Waals surface area contributed by atoms with Crippen molar-refractivity contribution in [3.05, 3.63) is 47.7 Å². The molecule has 9 heteroatoms. The minimum atomic E-state index is -0.430. The molecule has 0 saturated heterocycles. The van der Waals surface area contributed by atoms with Crippen LogP contribution in [-0.2, 0) is 6.54 Å². The molecule has 0 radical (unpaired) electrons. The van der Waals surface area contributed by atoms with E-state index in [0.29, 0.717) is 35.0 Å². The molecule has 3 aromatic rings. The van der Waals surface area contributed by atoms with E-state index in [1.54, 1.807) is 10.7 Å². The van der Waals surface area contributed by atoms with Crippen LogP contribution >= 0.6 is 0 Å². The number of rotatable bonds is 1. The highest BCUT2D eigenvalue weighted by atomic mass is 19.1. The Kier molecular flexibility index (Phi) is 4.35. The molecular weight excluding hydrogens is 351 g/mol. The number of fused-ring (bicyclic) bond motifs is 2. The number of carbonyl (C=O) groups is 1. The molecule has 0 aliphatic carbocycles. The highest BCUT2D eigenvalue weighted by Crippen LogP contribution is 2.24. The molecule has 0 saturated carbocycles. The SMILES string of the molecule is CC(C)N1Cc2cc(F)cnc2OCCNC(=O)c2cnn3ccc1nc23. The van der Waals surface area contributed by atoms with Gasteiger partial charge in [-0.2, -0.15) is 5.10 Å². The van der Waals surface area contributed by atoms with Gasteiger partial charge in [-0.15, -0.1) is 0 Å². The first-order chi connectivity index (χ1) is 13.0. The maximum Gasteiger partial charge on any atom is 0.256 e. The highest BCUT2D eigenvalue weighted by molar-refractivity contribution is 5.99. The summed E-state index contributed by atoms with van der Waals surface area (Å²) in [6.07, 6.45) is 4.37. The van der Waals surface area contributed by atoms with Gasteiger partial charge in [0.25, 0.3) is 5.91 Å². The number of aromatic nitrogens is 4. The van der Waals surface area contributed by atoms with Gasteiger partial charge in [0.15, 0.2) is 5.65 Å². The van der Waals surface area contributed by atoms with Gasteiger partial charge in [0, 0.05) is 17.8 Å². The van der Waals surface area contributed by atoms with E-state index in [2.05, 4.69) is 20.4 Å². The van der Waals surface area contributed by atoms with Crippen LogP contribution in [0.5, 0.6) is 5.88 Å². The Morgan fingerprint density at radius 1 is 1.33 bits per heavy atom. The van der Waals surface area contributed by atoms with Crippen LogP contribution < -0.4 is 15.0 Å². The van der Waals surface area contributed by atoms with Crippen molar-refractivity contribution in [2.45, 2.75) is 26.4 Å². The van der Waals surface area contributed by atoms with E-state index in [9.17, 15) is 9.18 Å². The molecule has 1 amide bonds. The summed E-state index contributed by atoms with van der Waals surface area (Å²) in [5, 5.41) is 6.96. The summed E-state index contributed by atoms with van der Waals surface area (Å²) in [4.78, 5) is 23.2. The zero-order chi connectivity index (χ0) is 19.0. The number of nitrogens with zero attached hydrogens (tertiary/aromatic N) is 5. The third kappa shape index (κ3) is 3.27. The van der Waals surface area contributed by atoms with E-state index in [4.69, 9.17) is 4.74 Å². The number of hydrogen-bond acceptors (Lipinski definition) is 6. The molecule has 4 rings (SSSR count). The molecule has 1 aliphatic rings. The smallest absolute Gasteiger partial charge is 0.256 e. The third-order valence-corrected chi connectivity index (χ3v) is 4.38. The first-order valence-electron chi connectivity index (χ1n) is 8.69. The summed E-state index contributed by atoms with van der Waals surface area (Å²) < 4.78 is 21.0. The van der Waals surface area contributed by atoms with Crippen LogP contribution in [0.2, 0.25) is 0 Å². The number of pyridine rings is 1. The van der Waals surface area contributed by atoms with E-state index in [-0.39, 0.29) is 25.1 Å². The lowest BCUT2D eigenvalue weighted by Crippen LogP contribution is -2.31. The summed E-state index contributed by atoms with van der Waals surface area (Å²) in [6, 6.07) is 3.30. The number of halogens is 1. The topological polar surface area (TPSA) is 84.6 Å². The molecule has 2 bridgehead atoms. The second-order valence-electron chi connectivity index (χ2n) is 6.56. The molecule has 0 fully saturated rings. The number of anilines is 1. The van der Waals surface area contributed by atoms with Gasteiger partial charge in [-0.3, -0.25) is 4.79 Å². The molecule has 0 atom stereocenters. The molecule has 0 spiro atoms. The molecule has 1 aliphatic heterocycles. The molecule has 140 valence electrons. The number of hydrogen-bond donors (Lipinski definition) is 1. The van der Waals surface area contributed by atoms with Crippen LogP contribution in [0.15, 0.2) is 30.7 Å². The van der Waals surface area contributed by atoms with Gasteiger partial charge in [0.2, 0.25) is 5.88 Å². The summed E-state index contributed by atoms with van der Waals surface area (Å²) in [5.74, 6) is 0.294. The Balaban J connectivity index is 1.85. The molecule has 3 aromatic heterocycles. The zero-order valence-corrected chi connectivity index (χ0v) is 15.0. The summed E-state index contributed by atoms with van der Waals surface area (Å²) >= 11 is 0. The number of amides is 1. The monoisotopic (exact) mass is 370 g/mol. The van der Waals surface area contributed by atoms with Gasteiger partial charge in [-0.05, 0) is 26.0 Å². The molecule has 27 heavy (non-hydrogen) atoms. The maximum atomic E-state index is 13.8. The van der Waals surface area contributed by atoms with Crippen molar-refractivity contribution in [2.75, 3.05) is 18.1 Å². The largest absolute Gasteiger partial charge is 0.476 e. The normalized spacial score (nSPS) is 15.0. The van der Waals surface area contributed by atoms with Crippen LogP contribution in [0.25, 0.3) is 5.65 Å². The van der Waals surface area contributed by atoms with Crippen LogP contribution in [0.4, 0.5) is 10.2 Å². The fraction of sp³-hybridized carbons (Fsp3) is 0.333. The fourth-order valence-electron chi connectivity index (χ4n) is 3.01. The number of nitrogens with one attached hydrogen (secondary N) is 1. The van der Waals surface area contributed by atoms with Gasteiger partial charge < -0.3 is 15.0 Å². The van der Waals surface area contributed by atoms with Crippen LogP contribution in [0.3, 0.4) is 0 Å². The second kappa shape index (κ2) is 6.82. The second-order valence-corrected chi connectivity index (χ2v) is 6.56. The predicted molar refractivity (Wildman–Crippen MR) is 96.3 cm³/mol. The van der Waals surface area contributed by atoms with E-state index >= 15 is 0 Å². The minimum Gasteiger partial charge on any atom is -0.476 e. The maximum absolute atomic E-state index is 13.8. The third-order valence-electron chi connectivity index (χ3n) is 4.38. The molecular formula is C18H19FN6O2. The van der Waals surface area contributed by atoms with Crippen molar-refractivity contribution in [3.63, 3.8) is 0 Å². The molecule has 1 N–H and O–H groups in total. The Bertz CT molecular complexity index is 1000. The van der Waals surface area contributed by atoms with Gasteiger partial charge in [0.1, 0.15) is 23.8 Å². The first-order valence-corrected chi connectivity index (χ1v) is 8.69. The minimum absolute atomic E-state index is 0.0707. The Labute approximate surface area is 155 Å². The van der Waals surface area contributed by atoms with Crippen molar-refractivity contribution in [1.29, 1.82) is 0 Å². The standard InChI is InChI=1S/C18H19FN6O2/c1-11(2)24-10-12-7-13(19)8-21-18(12)27-6-4-20-17(26)14-9-22-25-5-3-15(24)23-16(14)25/h3,5,7-9,11H,4,6,10H2,1-2H3,(H,20,26). The van der Waals surface area contributed by atoms with Crippen LogP contribution in [0, 0.1) is 5.82 Å². The molecule has 0 aromatic carbocycles. The van der Waals surface area contributed by atoms with Crippen molar-refractivity contribution < 1.29 is 13.9 Å². The van der Waals surface area contributed by atoms with E-state index in [1.165, 1.54) is 12.3 Å². The van der Waals surface area contributed by atoms with Gasteiger partial charge >= 0.3 is 0 Å². The van der Waals surface area contributed by atoms with Gasteiger partial charge in [-0.1, -0.05) is 0 Å². The fourth-order valence-corrected chi connectivity index (χ4v) is 3.01. The van der Waals surface area contributed by atoms with Gasteiger partial charge in [0.05, 0.1) is 25.5 Å². The molecule has 8 nitrogen and oxygen atoms in total. The quantitative estimate of drug-likeness (QED) is 0.703. The number of ether oxygens (including phenoxy) is 1. The lowest BCUT2D eigenvalue weighted by molar-refractivity contribution is 0.0948. The Hall–Kier alpha value is -3.23. The van der Waals surface area contributed by atoms with E-state index in [0.717, 1.165) is 6.20 Å². The number of carbonyl (C=O) groups excluding carboxylic acids is 1.